The van der Waals surface area contributed by atoms with Crippen molar-refractivity contribution >= 4 is 5.97 Å². The van der Waals surface area contributed by atoms with Crippen molar-refractivity contribution in [2.75, 3.05) is 13.2 Å². The number of nitrogens with zero attached hydrogens (tertiary/aromatic N) is 1. The Morgan fingerprint density at radius 3 is 2.17 bits per heavy atom. The molecule has 5 nitrogen and oxygen atoms in total. The van der Waals surface area contributed by atoms with Crippen LogP contribution in [0.1, 0.15) is 136 Å². The lowest BCUT2D eigenvalue weighted by atomic mass is 9.90. The van der Waals surface area contributed by atoms with Crippen molar-refractivity contribution in [3.05, 3.63) is 0 Å². The molecular weight excluding hydrogens is 436 g/mol. The Kier molecular flexibility index (Phi) is 13.4. The van der Waals surface area contributed by atoms with Gasteiger partial charge in [-0.1, -0.05) is 64.7 Å². The molecule has 0 unspecified atom stereocenters. The van der Waals surface area contributed by atoms with Gasteiger partial charge < -0.3 is 14.8 Å². The van der Waals surface area contributed by atoms with Crippen LogP contribution in [0.15, 0.2) is 0 Å². The molecule has 6 rings (SSSR count). The second kappa shape index (κ2) is 16.2. The van der Waals surface area contributed by atoms with E-state index in [2.05, 4.69) is 31.0 Å². The van der Waals surface area contributed by atoms with Crippen molar-refractivity contribution in [1.29, 1.82) is 0 Å². The Bertz CT molecular complexity index is 586. The third kappa shape index (κ3) is 9.97. The van der Waals surface area contributed by atoms with Crippen molar-refractivity contribution in [3.63, 3.8) is 0 Å². The Morgan fingerprint density at radius 1 is 0.771 bits per heavy atom. The monoisotopic (exact) mass is 492 g/mol. The minimum absolute atomic E-state index is 0.0231. The standard InChI is InChI=1S/C30H56N2O3/c1-4-32-25(3)29-22-20-27(32)17-13-9-5-6-11-15-23-34-28-21-19-26(31-24(28)2)16-12-8-7-10-14-18-30(33)35-29/h24-29,31H,4-23H2,1-3H3/t24-,25-,26+,27+,28-,29-/m0/s1. The molecule has 6 atom stereocenters. The third-order valence-corrected chi connectivity index (χ3v) is 9.02. The maximum atomic E-state index is 12.5. The SMILES string of the molecule is CCN1[C@@H]2CCCCCCCCO[C@H]3CC[C@@H](CCCCCCCC(=O)O[C@@H](CC2)[C@@H]1C)N[C@H]3C. The number of esters is 1. The predicted molar refractivity (Wildman–Crippen MR) is 145 cm³/mol. The van der Waals surface area contributed by atoms with Gasteiger partial charge in [-0.2, -0.15) is 0 Å². The van der Waals surface area contributed by atoms with Crippen LogP contribution in [-0.2, 0) is 14.3 Å². The Balaban J connectivity index is 1.45. The van der Waals surface area contributed by atoms with Gasteiger partial charge >= 0.3 is 5.97 Å². The lowest BCUT2D eigenvalue weighted by Gasteiger charge is -2.44. The molecule has 0 radical (unpaired) electrons. The topological polar surface area (TPSA) is 50.8 Å². The van der Waals surface area contributed by atoms with Crippen LogP contribution in [-0.4, -0.2) is 60.4 Å². The molecule has 0 aliphatic carbocycles. The summed E-state index contributed by atoms with van der Waals surface area (Å²) < 4.78 is 12.3. The second-order valence-electron chi connectivity index (χ2n) is 11.7. The van der Waals surface area contributed by atoms with Gasteiger partial charge in [-0.3, -0.25) is 9.69 Å². The Labute approximate surface area is 216 Å². The molecule has 6 fully saturated rings. The first-order valence-electron chi connectivity index (χ1n) is 15.4. The van der Waals surface area contributed by atoms with Gasteiger partial charge in [0.15, 0.2) is 0 Å². The average Bonchev–Trinajstić information content (AvgIpc) is 2.84. The molecule has 0 amide bonds. The maximum Gasteiger partial charge on any atom is 0.306 e. The van der Waals surface area contributed by atoms with E-state index in [1.54, 1.807) is 0 Å². The van der Waals surface area contributed by atoms with Crippen LogP contribution < -0.4 is 5.32 Å². The number of carbonyl (C=O) groups is 1. The molecule has 4 bridgehead atoms. The lowest BCUT2D eigenvalue weighted by molar-refractivity contribution is -0.156. The van der Waals surface area contributed by atoms with Gasteiger partial charge in [-0.25, -0.2) is 0 Å². The van der Waals surface area contributed by atoms with Crippen LogP contribution >= 0.6 is 0 Å². The summed E-state index contributed by atoms with van der Waals surface area (Å²) in [5.41, 5.74) is 0. The average molecular weight is 493 g/mol. The minimum atomic E-state index is 0.0231. The lowest BCUT2D eigenvalue weighted by Crippen LogP contribution is -2.53. The number of piperidine rings is 2. The molecule has 6 aliphatic heterocycles. The van der Waals surface area contributed by atoms with Crippen LogP contribution in [0.2, 0.25) is 0 Å². The highest BCUT2D eigenvalue weighted by Gasteiger charge is 2.35. The van der Waals surface area contributed by atoms with Gasteiger partial charge in [0, 0.05) is 37.2 Å². The van der Waals surface area contributed by atoms with Crippen molar-refractivity contribution in [3.8, 4) is 0 Å². The van der Waals surface area contributed by atoms with Crippen LogP contribution in [0.25, 0.3) is 0 Å². The fraction of sp³-hybridized carbons (Fsp3) is 0.967. The van der Waals surface area contributed by atoms with E-state index in [1.165, 1.54) is 89.9 Å². The molecule has 0 spiro atoms. The second-order valence-corrected chi connectivity index (χ2v) is 11.7. The highest BCUT2D eigenvalue weighted by Crippen LogP contribution is 2.29. The van der Waals surface area contributed by atoms with Crippen LogP contribution in [0.4, 0.5) is 0 Å². The van der Waals surface area contributed by atoms with Gasteiger partial charge in [0.25, 0.3) is 0 Å². The molecule has 1 N–H and O–H groups in total. The zero-order valence-corrected chi connectivity index (χ0v) is 23.3. The molecule has 0 saturated carbocycles. The maximum absolute atomic E-state index is 12.5. The number of ether oxygens (including phenoxy) is 2. The van der Waals surface area contributed by atoms with E-state index >= 15 is 0 Å². The first kappa shape index (κ1) is 28.9. The van der Waals surface area contributed by atoms with Gasteiger partial charge in [-0.15, -0.1) is 0 Å². The van der Waals surface area contributed by atoms with Crippen molar-refractivity contribution in [1.82, 2.24) is 10.2 Å². The van der Waals surface area contributed by atoms with Crippen LogP contribution in [0.3, 0.4) is 0 Å². The molecule has 0 aromatic rings. The van der Waals surface area contributed by atoms with Gasteiger partial charge in [-0.05, 0) is 71.8 Å². The summed E-state index contributed by atoms with van der Waals surface area (Å²) in [6.45, 7) is 8.82. The highest BCUT2D eigenvalue weighted by molar-refractivity contribution is 5.69. The van der Waals surface area contributed by atoms with Crippen molar-refractivity contribution in [2.24, 2.45) is 0 Å². The fourth-order valence-electron chi connectivity index (χ4n) is 6.80. The van der Waals surface area contributed by atoms with E-state index in [0.717, 1.165) is 32.4 Å². The molecule has 6 aliphatic rings. The van der Waals surface area contributed by atoms with E-state index in [1.807, 2.05) is 0 Å². The number of likely N-dealkylation sites (N-methyl/N-ethyl adjacent to an activating group) is 1. The minimum Gasteiger partial charge on any atom is -0.461 e. The van der Waals surface area contributed by atoms with E-state index in [0.29, 0.717) is 36.7 Å². The molecule has 6 heterocycles. The number of rotatable bonds is 1. The smallest absolute Gasteiger partial charge is 0.306 e. The fourth-order valence-corrected chi connectivity index (χ4v) is 6.80. The van der Waals surface area contributed by atoms with Gasteiger partial charge in [0.2, 0.25) is 0 Å². The van der Waals surface area contributed by atoms with E-state index < -0.39 is 0 Å². The van der Waals surface area contributed by atoms with Crippen molar-refractivity contribution in [2.45, 2.75) is 173 Å². The summed E-state index contributed by atoms with van der Waals surface area (Å²) in [7, 11) is 0. The summed E-state index contributed by atoms with van der Waals surface area (Å²) in [5, 5.41) is 3.82. The van der Waals surface area contributed by atoms with Crippen molar-refractivity contribution < 1.29 is 14.3 Å². The molecule has 35 heavy (non-hydrogen) atoms. The zero-order valence-electron chi connectivity index (χ0n) is 23.3. The molecule has 0 aromatic carbocycles. The highest BCUT2D eigenvalue weighted by atomic mass is 16.5. The molecular formula is C30H56N2O3. The number of nitrogens with one attached hydrogen (secondary N) is 1. The normalized spacial score (nSPS) is 36.6. The molecule has 5 heteroatoms. The van der Waals surface area contributed by atoms with E-state index in [-0.39, 0.29) is 12.1 Å². The van der Waals surface area contributed by atoms with E-state index in [9.17, 15) is 4.79 Å². The van der Waals surface area contributed by atoms with Gasteiger partial charge in [0.05, 0.1) is 6.10 Å². The predicted octanol–water partition coefficient (Wildman–Crippen LogP) is 6.77. The largest absolute Gasteiger partial charge is 0.461 e. The number of hydrogen-bond donors (Lipinski definition) is 1. The zero-order chi connectivity index (χ0) is 24.9. The first-order chi connectivity index (χ1) is 17.1. The number of carbonyl (C=O) groups excluding carboxylic acids is 1. The molecule has 204 valence electrons. The van der Waals surface area contributed by atoms with Crippen LogP contribution in [0.5, 0.6) is 0 Å². The third-order valence-electron chi connectivity index (χ3n) is 9.02. The Hall–Kier alpha value is -0.650. The van der Waals surface area contributed by atoms with E-state index in [4.69, 9.17) is 9.47 Å². The first-order valence-corrected chi connectivity index (χ1v) is 15.4. The summed E-state index contributed by atoms with van der Waals surface area (Å²) in [6.07, 6.45) is 22.0. The van der Waals surface area contributed by atoms with Gasteiger partial charge in [0.1, 0.15) is 6.10 Å². The summed E-state index contributed by atoms with van der Waals surface area (Å²) in [5.74, 6) is 0.0231. The number of hydrogen-bond acceptors (Lipinski definition) is 5. The summed E-state index contributed by atoms with van der Waals surface area (Å²) in [4.78, 5) is 15.1. The molecule has 0 aromatic heterocycles. The van der Waals surface area contributed by atoms with Crippen LogP contribution in [0, 0.1) is 0 Å². The summed E-state index contributed by atoms with van der Waals surface area (Å²) in [6, 6.07) is 2.12. The molecule has 6 saturated heterocycles. The quantitative estimate of drug-likeness (QED) is 0.409. The summed E-state index contributed by atoms with van der Waals surface area (Å²) >= 11 is 0. The Morgan fingerprint density at radius 2 is 1.43 bits per heavy atom.